The fourth-order valence-electron chi connectivity index (χ4n) is 1.60. The lowest BCUT2D eigenvalue weighted by molar-refractivity contribution is -0.198. The van der Waals surface area contributed by atoms with E-state index in [1.54, 1.807) is 0 Å². The number of ether oxygens (including phenoxy) is 3. The van der Waals surface area contributed by atoms with Crippen LogP contribution in [0, 0.1) is 0 Å². The maximum absolute atomic E-state index is 10.9. The highest BCUT2D eigenvalue weighted by atomic mass is 16.8. The van der Waals surface area contributed by atoms with E-state index in [4.69, 9.17) is 14.2 Å². The first-order chi connectivity index (χ1) is 6.92. The first-order valence-electron chi connectivity index (χ1n) is 4.94. The predicted octanol–water partition coefficient (Wildman–Crippen LogP) is 1.01. The van der Waals surface area contributed by atoms with Gasteiger partial charge in [0.25, 0.3) is 6.29 Å². The Morgan fingerprint density at radius 3 is 1.93 bits per heavy atom. The lowest BCUT2D eigenvalue weighted by atomic mass is 10.0. The van der Waals surface area contributed by atoms with Crippen LogP contribution in [-0.2, 0) is 23.8 Å². The summed E-state index contributed by atoms with van der Waals surface area (Å²) < 4.78 is 15.2. The molecule has 0 saturated carbocycles. The molecule has 0 N–H and O–H groups in total. The van der Waals surface area contributed by atoms with Gasteiger partial charge in [0.05, 0.1) is 6.10 Å². The van der Waals surface area contributed by atoms with Crippen LogP contribution in [0.25, 0.3) is 0 Å². The van der Waals surface area contributed by atoms with Gasteiger partial charge < -0.3 is 14.2 Å². The van der Waals surface area contributed by atoms with Crippen LogP contribution in [0.1, 0.15) is 34.1 Å². The highest BCUT2D eigenvalue weighted by molar-refractivity contribution is 5.68. The van der Waals surface area contributed by atoms with Crippen molar-refractivity contribution < 1.29 is 23.8 Å². The largest absolute Gasteiger partial charge is 0.422 e. The number of carbonyl (C=O) groups excluding carboxylic acids is 2. The number of rotatable bonds is 4. The first kappa shape index (κ1) is 12.0. The number of hydrogen-bond acceptors (Lipinski definition) is 5. The molecule has 5 heteroatoms. The van der Waals surface area contributed by atoms with Crippen LogP contribution in [0.3, 0.4) is 0 Å². The van der Waals surface area contributed by atoms with Crippen molar-refractivity contribution in [2.24, 2.45) is 0 Å². The van der Waals surface area contributed by atoms with Gasteiger partial charge >= 0.3 is 11.9 Å². The third-order valence-electron chi connectivity index (χ3n) is 2.52. The maximum Gasteiger partial charge on any atom is 0.305 e. The molecule has 1 fully saturated rings. The zero-order valence-electron chi connectivity index (χ0n) is 9.40. The Bertz CT molecular complexity index is 255. The zero-order valence-corrected chi connectivity index (χ0v) is 9.40. The van der Waals surface area contributed by atoms with Crippen LogP contribution in [0.15, 0.2) is 0 Å². The molecule has 1 aliphatic heterocycles. The van der Waals surface area contributed by atoms with Crippen LogP contribution < -0.4 is 0 Å². The van der Waals surface area contributed by atoms with E-state index in [0.717, 1.165) is 0 Å². The highest BCUT2D eigenvalue weighted by Crippen LogP contribution is 2.44. The van der Waals surface area contributed by atoms with E-state index in [1.807, 2.05) is 13.8 Å². The van der Waals surface area contributed by atoms with E-state index in [0.29, 0.717) is 6.42 Å². The number of epoxide rings is 1. The van der Waals surface area contributed by atoms with Crippen LogP contribution in [0.2, 0.25) is 0 Å². The molecule has 0 aromatic heterocycles. The minimum Gasteiger partial charge on any atom is -0.422 e. The summed E-state index contributed by atoms with van der Waals surface area (Å²) in [5, 5.41) is 0. The standard InChI is InChI=1S/C10H16O5/c1-5-10(6(2)15-10)9(13-7(3)11)14-8(4)12/h6,9H,5H2,1-4H3/t6-,10+/m0/s1. The van der Waals surface area contributed by atoms with E-state index in [2.05, 4.69) is 0 Å². The fourth-order valence-corrected chi connectivity index (χ4v) is 1.60. The second-order valence-corrected chi connectivity index (χ2v) is 3.62. The molecule has 15 heavy (non-hydrogen) atoms. The second kappa shape index (κ2) is 4.18. The average Bonchev–Trinajstić information content (AvgIpc) is 2.75. The smallest absolute Gasteiger partial charge is 0.305 e. The van der Waals surface area contributed by atoms with Gasteiger partial charge in [-0.05, 0) is 13.3 Å². The molecule has 0 unspecified atom stereocenters. The van der Waals surface area contributed by atoms with E-state index >= 15 is 0 Å². The van der Waals surface area contributed by atoms with Gasteiger partial charge in [-0.2, -0.15) is 0 Å². The topological polar surface area (TPSA) is 65.1 Å². The molecule has 0 amide bonds. The molecule has 0 aromatic carbocycles. The summed E-state index contributed by atoms with van der Waals surface area (Å²) in [5.74, 6) is -0.978. The minimum absolute atomic E-state index is 0.0637. The van der Waals surface area contributed by atoms with Gasteiger partial charge in [0.15, 0.2) is 5.60 Å². The molecular formula is C10H16O5. The molecule has 1 aliphatic rings. The lowest BCUT2D eigenvalue weighted by Crippen LogP contribution is -2.38. The zero-order chi connectivity index (χ0) is 11.6. The van der Waals surface area contributed by atoms with E-state index in [-0.39, 0.29) is 6.10 Å². The Kier molecular flexibility index (Phi) is 3.34. The molecule has 0 aromatic rings. The van der Waals surface area contributed by atoms with E-state index in [9.17, 15) is 9.59 Å². The van der Waals surface area contributed by atoms with Gasteiger partial charge in [-0.1, -0.05) is 6.92 Å². The van der Waals surface area contributed by atoms with Crippen LogP contribution in [-0.4, -0.2) is 29.9 Å². The maximum atomic E-state index is 10.9. The van der Waals surface area contributed by atoms with Gasteiger partial charge in [0, 0.05) is 13.8 Å². The molecule has 0 radical (unpaired) electrons. The molecule has 5 nitrogen and oxygen atoms in total. The molecule has 1 rings (SSSR count). The monoisotopic (exact) mass is 216 g/mol. The van der Waals surface area contributed by atoms with E-state index in [1.165, 1.54) is 13.8 Å². The van der Waals surface area contributed by atoms with Crippen molar-refractivity contribution in [3.8, 4) is 0 Å². The van der Waals surface area contributed by atoms with E-state index < -0.39 is 23.8 Å². The van der Waals surface area contributed by atoms with Crippen LogP contribution >= 0.6 is 0 Å². The number of esters is 2. The summed E-state index contributed by atoms with van der Waals surface area (Å²) in [5.41, 5.74) is -0.655. The Hall–Kier alpha value is -1.10. The molecule has 0 bridgehead atoms. The van der Waals surface area contributed by atoms with Crippen molar-refractivity contribution in [2.75, 3.05) is 0 Å². The molecule has 1 heterocycles. The third-order valence-corrected chi connectivity index (χ3v) is 2.52. The van der Waals surface area contributed by atoms with Crippen molar-refractivity contribution in [3.05, 3.63) is 0 Å². The van der Waals surface area contributed by atoms with Gasteiger partial charge in [-0.15, -0.1) is 0 Å². The van der Waals surface area contributed by atoms with Gasteiger partial charge in [-0.25, -0.2) is 0 Å². The molecule has 86 valence electrons. The van der Waals surface area contributed by atoms with Crippen molar-refractivity contribution in [1.82, 2.24) is 0 Å². The van der Waals surface area contributed by atoms with Crippen molar-refractivity contribution >= 4 is 11.9 Å². The molecule has 0 spiro atoms. The van der Waals surface area contributed by atoms with Crippen LogP contribution in [0.4, 0.5) is 0 Å². The summed E-state index contributed by atoms with van der Waals surface area (Å²) in [4.78, 5) is 21.7. The second-order valence-electron chi connectivity index (χ2n) is 3.62. The summed E-state index contributed by atoms with van der Waals surface area (Å²) in [7, 11) is 0. The summed E-state index contributed by atoms with van der Waals surface area (Å²) in [6, 6.07) is 0. The van der Waals surface area contributed by atoms with Crippen molar-refractivity contribution in [2.45, 2.75) is 52.1 Å². The molecular weight excluding hydrogens is 200 g/mol. The predicted molar refractivity (Wildman–Crippen MR) is 50.9 cm³/mol. The fraction of sp³-hybridized carbons (Fsp3) is 0.800. The Morgan fingerprint density at radius 1 is 1.33 bits per heavy atom. The number of hydrogen-bond donors (Lipinski definition) is 0. The van der Waals surface area contributed by atoms with Gasteiger partial charge in [-0.3, -0.25) is 9.59 Å². The van der Waals surface area contributed by atoms with Crippen molar-refractivity contribution in [1.29, 1.82) is 0 Å². The summed E-state index contributed by atoms with van der Waals surface area (Å²) >= 11 is 0. The molecule has 0 aliphatic carbocycles. The summed E-state index contributed by atoms with van der Waals surface area (Å²) in [6.45, 7) is 6.28. The summed E-state index contributed by atoms with van der Waals surface area (Å²) in [6.07, 6.45) is -0.377. The van der Waals surface area contributed by atoms with Gasteiger partial charge in [0.2, 0.25) is 0 Å². The van der Waals surface area contributed by atoms with Gasteiger partial charge in [0.1, 0.15) is 0 Å². The quantitative estimate of drug-likeness (QED) is 0.398. The first-order valence-corrected chi connectivity index (χ1v) is 4.94. The molecule has 2 atom stereocenters. The molecule has 1 saturated heterocycles. The third kappa shape index (κ3) is 2.47. The Balaban J connectivity index is 2.71. The average molecular weight is 216 g/mol. The van der Waals surface area contributed by atoms with Crippen molar-refractivity contribution in [3.63, 3.8) is 0 Å². The van der Waals surface area contributed by atoms with Crippen LogP contribution in [0.5, 0.6) is 0 Å². The Morgan fingerprint density at radius 2 is 1.73 bits per heavy atom. The minimum atomic E-state index is -0.938. The SMILES string of the molecule is CC[C@@]1(C(OC(C)=O)OC(C)=O)O[C@H]1C. The normalized spacial score (nSPS) is 28.7. The highest BCUT2D eigenvalue weighted by Gasteiger charge is 2.61. The lowest BCUT2D eigenvalue weighted by Gasteiger charge is -2.22. The Labute approximate surface area is 88.7 Å². The number of carbonyl (C=O) groups is 2.